The Labute approximate surface area is 178 Å². The van der Waals surface area contributed by atoms with Crippen molar-refractivity contribution >= 4 is 28.6 Å². The highest BCUT2D eigenvalue weighted by Gasteiger charge is 2.26. The van der Waals surface area contributed by atoms with Crippen LogP contribution in [0.25, 0.3) is 9.88 Å². The summed E-state index contributed by atoms with van der Waals surface area (Å²) in [4.78, 5) is 24.0. The number of aryl methyl sites for hydroxylation is 1. The van der Waals surface area contributed by atoms with Crippen LogP contribution < -0.4 is 4.74 Å². The van der Waals surface area contributed by atoms with Gasteiger partial charge in [0.15, 0.2) is 0 Å². The van der Waals surface area contributed by atoms with Crippen molar-refractivity contribution < 1.29 is 9.53 Å². The van der Waals surface area contributed by atoms with Gasteiger partial charge in [0.25, 0.3) is 5.91 Å². The molecule has 0 atom stereocenters. The van der Waals surface area contributed by atoms with E-state index in [2.05, 4.69) is 34.1 Å². The van der Waals surface area contributed by atoms with Crippen molar-refractivity contribution in [1.82, 2.24) is 14.8 Å². The van der Waals surface area contributed by atoms with Gasteiger partial charge >= 0.3 is 0 Å². The molecule has 0 N–H and O–H groups in total. The number of piperazine rings is 1. The Morgan fingerprint density at radius 2 is 2.07 bits per heavy atom. The van der Waals surface area contributed by atoms with Crippen molar-refractivity contribution in [2.75, 3.05) is 32.8 Å². The average Bonchev–Trinajstić information content (AvgIpc) is 3.48. The zero-order valence-corrected chi connectivity index (χ0v) is 18.0. The molecule has 1 fully saturated rings. The fraction of sp³-hybridized carbons (Fsp3) is 0.364. The van der Waals surface area contributed by atoms with Gasteiger partial charge in [-0.3, -0.25) is 9.69 Å². The molecule has 0 unspecified atom stereocenters. The predicted molar refractivity (Wildman–Crippen MR) is 117 cm³/mol. The second-order valence-electron chi connectivity index (χ2n) is 7.52. The molecule has 150 valence electrons. The van der Waals surface area contributed by atoms with Crippen LogP contribution in [0.1, 0.15) is 26.5 Å². The van der Waals surface area contributed by atoms with Crippen molar-refractivity contribution in [1.29, 1.82) is 0 Å². The van der Waals surface area contributed by atoms with Crippen molar-refractivity contribution in [3.63, 3.8) is 0 Å². The fourth-order valence-corrected chi connectivity index (χ4v) is 5.78. The first-order valence-corrected chi connectivity index (χ1v) is 11.6. The molecule has 3 aromatic rings. The number of thiazole rings is 1. The summed E-state index contributed by atoms with van der Waals surface area (Å²) < 4.78 is 5.60. The van der Waals surface area contributed by atoms with Crippen LogP contribution in [0.4, 0.5) is 0 Å². The Morgan fingerprint density at radius 3 is 2.86 bits per heavy atom. The number of amides is 1. The molecule has 5 rings (SSSR count). The van der Waals surface area contributed by atoms with Gasteiger partial charge in [-0.2, -0.15) is 0 Å². The minimum Gasteiger partial charge on any atom is -0.493 e. The molecule has 29 heavy (non-hydrogen) atoms. The first-order chi connectivity index (χ1) is 14.2. The average molecular weight is 426 g/mol. The smallest absolute Gasteiger partial charge is 0.265 e. The number of carbonyl (C=O) groups excluding carboxylic acids is 1. The van der Waals surface area contributed by atoms with Gasteiger partial charge in [-0.05, 0) is 35.6 Å². The van der Waals surface area contributed by atoms with Crippen molar-refractivity contribution in [2.45, 2.75) is 19.9 Å². The van der Waals surface area contributed by atoms with E-state index in [1.54, 1.807) is 11.3 Å². The molecule has 1 amide bonds. The highest BCUT2D eigenvalue weighted by Crippen LogP contribution is 2.32. The van der Waals surface area contributed by atoms with Crippen LogP contribution in [0.3, 0.4) is 0 Å². The lowest BCUT2D eigenvalue weighted by atomic mass is 10.1. The number of thiophene rings is 1. The van der Waals surface area contributed by atoms with E-state index in [1.807, 2.05) is 23.3 Å². The molecule has 2 aromatic heterocycles. The third-order valence-corrected chi connectivity index (χ3v) is 7.73. The largest absolute Gasteiger partial charge is 0.493 e. The number of fused-ring (bicyclic) bond motifs is 1. The van der Waals surface area contributed by atoms with Crippen molar-refractivity contribution in [2.24, 2.45) is 0 Å². The van der Waals surface area contributed by atoms with Crippen LogP contribution in [0.2, 0.25) is 0 Å². The molecule has 0 bridgehead atoms. The molecule has 2 aliphatic rings. The first-order valence-electron chi connectivity index (χ1n) is 9.95. The van der Waals surface area contributed by atoms with Crippen LogP contribution in [-0.4, -0.2) is 53.5 Å². The molecular formula is C22H23N3O2S2. The lowest BCUT2D eigenvalue weighted by Crippen LogP contribution is -2.48. The predicted octanol–water partition coefficient (Wildman–Crippen LogP) is 4.07. The number of hydrogen-bond acceptors (Lipinski definition) is 6. The van der Waals surface area contributed by atoms with Gasteiger partial charge in [-0.15, -0.1) is 22.7 Å². The second-order valence-corrected chi connectivity index (χ2v) is 9.47. The highest BCUT2D eigenvalue weighted by atomic mass is 32.1. The number of nitrogens with zero attached hydrogens (tertiary/aromatic N) is 3. The molecular weight excluding hydrogens is 402 g/mol. The van der Waals surface area contributed by atoms with Gasteiger partial charge in [0, 0.05) is 39.1 Å². The van der Waals surface area contributed by atoms with Gasteiger partial charge in [-0.1, -0.05) is 18.2 Å². The van der Waals surface area contributed by atoms with Crippen molar-refractivity contribution in [3.05, 3.63) is 57.4 Å². The minimum atomic E-state index is 0.122. The zero-order valence-electron chi connectivity index (χ0n) is 16.4. The van der Waals surface area contributed by atoms with E-state index in [9.17, 15) is 4.79 Å². The van der Waals surface area contributed by atoms with Gasteiger partial charge in [0.05, 0.1) is 17.2 Å². The zero-order chi connectivity index (χ0) is 19.8. The summed E-state index contributed by atoms with van der Waals surface area (Å²) >= 11 is 3.18. The molecule has 4 heterocycles. The normalized spacial score (nSPS) is 16.7. The molecule has 0 spiro atoms. The molecule has 1 saturated heterocycles. The summed E-state index contributed by atoms with van der Waals surface area (Å²) in [6.45, 7) is 6.98. The molecule has 5 nitrogen and oxygen atoms in total. The molecule has 2 aliphatic heterocycles. The van der Waals surface area contributed by atoms with E-state index < -0.39 is 0 Å². The topological polar surface area (TPSA) is 45.7 Å². The summed E-state index contributed by atoms with van der Waals surface area (Å²) in [5.41, 5.74) is 3.48. The molecule has 7 heteroatoms. The van der Waals surface area contributed by atoms with E-state index in [1.165, 1.54) is 22.5 Å². The maximum atomic E-state index is 13.1. The SMILES string of the molecule is Cc1nc(-c2cccs2)sc1C(=O)N1CCN(Cc2ccc3c(c2)CCO3)CC1. The fourth-order valence-electron chi connectivity index (χ4n) is 3.95. The minimum absolute atomic E-state index is 0.122. The van der Waals surface area contributed by atoms with E-state index in [0.29, 0.717) is 0 Å². The van der Waals surface area contributed by atoms with Crippen molar-refractivity contribution in [3.8, 4) is 15.6 Å². The molecule has 0 saturated carbocycles. The second kappa shape index (κ2) is 7.89. The third kappa shape index (κ3) is 3.82. The monoisotopic (exact) mass is 425 g/mol. The number of benzene rings is 1. The van der Waals surface area contributed by atoms with Crippen LogP contribution in [-0.2, 0) is 13.0 Å². The molecule has 1 aromatic carbocycles. The van der Waals surface area contributed by atoms with E-state index in [4.69, 9.17) is 4.74 Å². The maximum Gasteiger partial charge on any atom is 0.265 e. The van der Waals surface area contributed by atoms with Gasteiger partial charge in [0.2, 0.25) is 0 Å². The first kappa shape index (κ1) is 18.8. The summed E-state index contributed by atoms with van der Waals surface area (Å²) in [7, 11) is 0. The summed E-state index contributed by atoms with van der Waals surface area (Å²) in [5.74, 6) is 1.16. The molecule has 0 radical (unpaired) electrons. The Kier molecular flexibility index (Phi) is 5.11. The quantitative estimate of drug-likeness (QED) is 0.632. The molecule has 0 aliphatic carbocycles. The number of aromatic nitrogens is 1. The highest BCUT2D eigenvalue weighted by molar-refractivity contribution is 7.22. The van der Waals surface area contributed by atoms with Crippen LogP contribution in [0, 0.1) is 6.92 Å². The van der Waals surface area contributed by atoms with Crippen LogP contribution in [0.15, 0.2) is 35.7 Å². The Bertz CT molecular complexity index is 1020. The van der Waals surface area contributed by atoms with Crippen LogP contribution >= 0.6 is 22.7 Å². The van der Waals surface area contributed by atoms with Gasteiger partial charge in [-0.25, -0.2) is 4.98 Å². The Balaban J connectivity index is 1.21. The summed E-state index contributed by atoms with van der Waals surface area (Å²) in [5, 5.41) is 2.99. The van der Waals surface area contributed by atoms with Gasteiger partial charge in [0.1, 0.15) is 15.6 Å². The van der Waals surface area contributed by atoms with E-state index in [-0.39, 0.29) is 5.91 Å². The van der Waals surface area contributed by atoms with Gasteiger partial charge < -0.3 is 9.64 Å². The Morgan fingerprint density at radius 1 is 1.21 bits per heavy atom. The van der Waals surface area contributed by atoms with E-state index in [0.717, 1.165) is 72.0 Å². The standard InChI is InChI=1S/C22H23N3O2S2/c1-15-20(29-21(23-15)19-3-2-12-28-19)22(26)25-9-7-24(8-10-25)14-16-4-5-18-17(13-16)6-11-27-18/h2-5,12-13H,6-11,14H2,1H3. The number of carbonyl (C=O) groups is 1. The number of ether oxygens (including phenoxy) is 1. The Hall–Kier alpha value is -2.22. The number of rotatable bonds is 4. The maximum absolute atomic E-state index is 13.1. The lowest BCUT2D eigenvalue weighted by Gasteiger charge is -2.34. The number of hydrogen-bond donors (Lipinski definition) is 0. The third-order valence-electron chi connectivity index (χ3n) is 5.54. The van der Waals surface area contributed by atoms with Crippen LogP contribution in [0.5, 0.6) is 5.75 Å². The van der Waals surface area contributed by atoms with E-state index >= 15 is 0 Å². The lowest BCUT2D eigenvalue weighted by molar-refractivity contribution is 0.0632. The summed E-state index contributed by atoms with van der Waals surface area (Å²) in [6.07, 6.45) is 1.01. The summed E-state index contributed by atoms with van der Waals surface area (Å²) in [6, 6.07) is 10.6.